The van der Waals surface area contributed by atoms with E-state index in [-0.39, 0.29) is 0 Å². The first-order chi connectivity index (χ1) is 8.24. The third kappa shape index (κ3) is 2.67. The van der Waals surface area contributed by atoms with E-state index in [2.05, 4.69) is 17.9 Å². The molecule has 1 aromatic rings. The molecule has 1 fully saturated rings. The molecule has 2 N–H and O–H groups in total. The fourth-order valence-electron chi connectivity index (χ4n) is 2.10. The van der Waals surface area contributed by atoms with Crippen LogP contribution in [0.15, 0.2) is 18.2 Å². The van der Waals surface area contributed by atoms with Crippen LogP contribution in [-0.2, 0) is 0 Å². The van der Waals surface area contributed by atoms with Gasteiger partial charge in [-0.25, -0.2) is 0 Å². The molecule has 0 bridgehead atoms. The molecule has 1 aromatic carbocycles. The molecule has 1 aliphatic rings. The molecule has 0 radical (unpaired) electrons. The number of thioether (sulfide) groups is 1. The van der Waals surface area contributed by atoms with E-state index in [0.717, 1.165) is 24.5 Å². The van der Waals surface area contributed by atoms with Crippen LogP contribution in [0.25, 0.3) is 0 Å². The molecule has 0 aromatic heterocycles. The Morgan fingerprint density at radius 2 is 2.41 bits per heavy atom. The topological polar surface area (TPSA) is 53.0 Å². The smallest absolute Gasteiger partial charge is 0.0992 e. The Morgan fingerprint density at radius 3 is 3.06 bits per heavy atom. The molecule has 3 nitrogen and oxygen atoms in total. The van der Waals surface area contributed by atoms with Gasteiger partial charge in [0.25, 0.3) is 0 Å². The monoisotopic (exact) mass is 247 g/mol. The second-order valence-electron chi connectivity index (χ2n) is 4.23. The third-order valence-corrected chi connectivity index (χ3v) is 4.46. The van der Waals surface area contributed by atoms with Crippen LogP contribution in [0.1, 0.15) is 18.9 Å². The van der Waals surface area contributed by atoms with E-state index < -0.39 is 0 Å². The predicted octanol–water partition coefficient (Wildman–Crippen LogP) is 2.47. The highest BCUT2D eigenvalue weighted by Crippen LogP contribution is 2.30. The number of anilines is 2. The Hall–Kier alpha value is -1.34. The first-order valence-corrected chi connectivity index (χ1v) is 6.95. The Labute approximate surface area is 107 Å². The molecule has 1 unspecified atom stereocenters. The molecule has 1 atom stereocenters. The van der Waals surface area contributed by atoms with Gasteiger partial charge in [-0.1, -0.05) is 6.92 Å². The van der Waals surface area contributed by atoms with Crippen LogP contribution in [-0.4, -0.2) is 24.1 Å². The minimum Gasteiger partial charge on any atom is -0.397 e. The van der Waals surface area contributed by atoms with E-state index in [9.17, 15) is 0 Å². The lowest BCUT2D eigenvalue weighted by Crippen LogP contribution is -2.38. The van der Waals surface area contributed by atoms with Crippen molar-refractivity contribution in [2.75, 3.05) is 29.5 Å². The third-order valence-electron chi connectivity index (χ3n) is 3.09. The van der Waals surface area contributed by atoms with Crippen LogP contribution in [0.2, 0.25) is 0 Å². The molecule has 1 aliphatic heterocycles. The summed E-state index contributed by atoms with van der Waals surface area (Å²) in [5.74, 6) is 1.15. The van der Waals surface area contributed by atoms with E-state index in [1.807, 2.05) is 23.9 Å². The summed E-state index contributed by atoms with van der Waals surface area (Å²) >= 11 is 2.04. The highest BCUT2D eigenvalue weighted by molar-refractivity contribution is 8.00. The second kappa shape index (κ2) is 5.33. The summed E-state index contributed by atoms with van der Waals surface area (Å²) in [6.45, 7) is 4.32. The zero-order valence-electron chi connectivity index (χ0n) is 10.0. The standard InChI is InChI=1S/C13H17N3S/c1-2-11-9-16(5-6-17-11)13-4-3-10(8-14)7-12(13)15/h3-4,7,11H,2,5-6,9,15H2,1H3. The van der Waals surface area contributed by atoms with Gasteiger partial charge in [-0.15, -0.1) is 0 Å². The van der Waals surface area contributed by atoms with Crippen LogP contribution < -0.4 is 10.6 Å². The number of nitrogens with two attached hydrogens (primary N) is 1. The predicted molar refractivity (Wildman–Crippen MR) is 74.3 cm³/mol. The van der Waals surface area contributed by atoms with Crippen molar-refractivity contribution in [1.29, 1.82) is 5.26 Å². The van der Waals surface area contributed by atoms with Crippen LogP contribution in [0.4, 0.5) is 11.4 Å². The second-order valence-corrected chi connectivity index (χ2v) is 5.64. The number of nitrogen functional groups attached to an aromatic ring is 1. The zero-order valence-corrected chi connectivity index (χ0v) is 10.8. The Kier molecular flexibility index (Phi) is 3.80. The first kappa shape index (κ1) is 12.1. The molecule has 2 rings (SSSR count). The van der Waals surface area contributed by atoms with Crippen molar-refractivity contribution in [2.24, 2.45) is 0 Å². The molecule has 1 heterocycles. The minimum atomic E-state index is 0.629. The minimum absolute atomic E-state index is 0.629. The van der Waals surface area contributed by atoms with Crippen LogP contribution in [0.5, 0.6) is 0 Å². The van der Waals surface area contributed by atoms with Gasteiger partial charge in [0.15, 0.2) is 0 Å². The summed E-state index contributed by atoms with van der Waals surface area (Å²) in [4.78, 5) is 2.33. The van der Waals surface area contributed by atoms with Crippen molar-refractivity contribution < 1.29 is 0 Å². The van der Waals surface area contributed by atoms with Crippen molar-refractivity contribution in [2.45, 2.75) is 18.6 Å². The lowest BCUT2D eigenvalue weighted by molar-refractivity contribution is 0.729. The summed E-state index contributed by atoms with van der Waals surface area (Å²) in [6.07, 6.45) is 1.19. The van der Waals surface area contributed by atoms with E-state index in [0.29, 0.717) is 16.5 Å². The van der Waals surface area contributed by atoms with Crippen LogP contribution in [0.3, 0.4) is 0 Å². The van der Waals surface area contributed by atoms with E-state index in [4.69, 9.17) is 11.0 Å². The molecule has 4 heteroatoms. The highest BCUT2D eigenvalue weighted by Gasteiger charge is 2.20. The van der Waals surface area contributed by atoms with Gasteiger partial charge in [0.05, 0.1) is 23.0 Å². The van der Waals surface area contributed by atoms with Crippen molar-refractivity contribution in [3.05, 3.63) is 23.8 Å². The Bertz CT molecular complexity index is 439. The summed E-state index contributed by atoms with van der Waals surface area (Å²) in [7, 11) is 0. The zero-order chi connectivity index (χ0) is 12.3. The summed E-state index contributed by atoms with van der Waals surface area (Å²) in [5, 5.41) is 9.51. The Morgan fingerprint density at radius 1 is 1.59 bits per heavy atom. The average Bonchev–Trinajstić information content (AvgIpc) is 2.38. The molecule has 0 spiro atoms. The van der Waals surface area contributed by atoms with E-state index in [1.54, 1.807) is 6.07 Å². The van der Waals surface area contributed by atoms with Gasteiger partial charge >= 0.3 is 0 Å². The summed E-state index contributed by atoms with van der Waals surface area (Å²) in [5.41, 5.74) is 8.43. The van der Waals surface area contributed by atoms with E-state index >= 15 is 0 Å². The quantitative estimate of drug-likeness (QED) is 0.816. The maximum absolute atomic E-state index is 8.82. The first-order valence-electron chi connectivity index (χ1n) is 5.90. The molecular formula is C13H17N3S. The SMILES string of the molecule is CCC1CN(c2ccc(C#N)cc2N)CCS1. The lowest BCUT2D eigenvalue weighted by atomic mass is 10.1. The van der Waals surface area contributed by atoms with Gasteiger partial charge in [-0.3, -0.25) is 0 Å². The van der Waals surface area contributed by atoms with Gasteiger partial charge < -0.3 is 10.6 Å². The van der Waals surface area contributed by atoms with E-state index in [1.165, 1.54) is 6.42 Å². The normalized spacial score (nSPS) is 20.0. The number of rotatable bonds is 2. The number of benzene rings is 1. The van der Waals surface area contributed by atoms with Gasteiger partial charge in [0, 0.05) is 24.1 Å². The van der Waals surface area contributed by atoms with Crippen LogP contribution in [0, 0.1) is 11.3 Å². The van der Waals surface area contributed by atoms with Gasteiger partial charge in [-0.2, -0.15) is 17.0 Å². The van der Waals surface area contributed by atoms with Crippen molar-refractivity contribution >= 4 is 23.1 Å². The number of nitriles is 1. The van der Waals surface area contributed by atoms with Gasteiger partial charge in [0.1, 0.15) is 0 Å². The van der Waals surface area contributed by atoms with Gasteiger partial charge in [-0.05, 0) is 24.6 Å². The number of hydrogen-bond acceptors (Lipinski definition) is 4. The Balaban J connectivity index is 2.19. The summed E-state index contributed by atoms with van der Waals surface area (Å²) in [6, 6.07) is 7.69. The molecule has 0 saturated carbocycles. The summed E-state index contributed by atoms with van der Waals surface area (Å²) < 4.78 is 0. The molecular weight excluding hydrogens is 230 g/mol. The van der Waals surface area contributed by atoms with Crippen LogP contribution >= 0.6 is 11.8 Å². The maximum Gasteiger partial charge on any atom is 0.0992 e. The molecule has 1 saturated heterocycles. The molecule has 90 valence electrons. The van der Waals surface area contributed by atoms with Crippen molar-refractivity contribution in [3.63, 3.8) is 0 Å². The molecule has 17 heavy (non-hydrogen) atoms. The lowest BCUT2D eigenvalue weighted by Gasteiger charge is -2.34. The number of nitrogens with zero attached hydrogens (tertiary/aromatic N) is 2. The fourth-order valence-corrected chi connectivity index (χ4v) is 3.28. The molecule has 0 aliphatic carbocycles. The largest absolute Gasteiger partial charge is 0.397 e. The highest BCUT2D eigenvalue weighted by atomic mass is 32.2. The van der Waals surface area contributed by atoms with Gasteiger partial charge in [0.2, 0.25) is 0 Å². The molecule has 0 amide bonds. The number of hydrogen-bond donors (Lipinski definition) is 1. The van der Waals surface area contributed by atoms with Crippen molar-refractivity contribution in [1.82, 2.24) is 0 Å². The fraction of sp³-hybridized carbons (Fsp3) is 0.462. The average molecular weight is 247 g/mol. The maximum atomic E-state index is 8.82. The van der Waals surface area contributed by atoms with Crippen molar-refractivity contribution in [3.8, 4) is 6.07 Å².